The molecule has 1 aromatic carbocycles. The Morgan fingerprint density at radius 1 is 1.28 bits per heavy atom. The number of hydrogen-bond acceptors (Lipinski definition) is 0. The maximum Gasteiger partial charge on any atom is 0.197 e. The predicted molar refractivity (Wildman–Crippen MR) is 63.5 cm³/mol. The third-order valence-electron chi connectivity index (χ3n) is 2.51. The number of rotatable bonds is 1. The van der Waals surface area contributed by atoms with Gasteiger partial charge in [0.15, 0.2) is 5.69 Å². The minimum atomic E-state index is -0.541. The second-order valence-electron chi connectivity index (χ2n) is 3.63. The van der Waals surface area contributed by atoms with Crippen molar-refractivity contribution in [2.75, 3.05) is 0 Å². The van der Waals surface area contributed by atoms with Crippen molar-refractivity contribution in [2.24, 2.45) is 0 Å². The van der Waals surface area contributed by atoms with Crippen LogP contribution in [-0.4, -0.2) is 0 Å². The first-order valence-corrected chi connectivity index (χ1v) is 4.98. The SMILES string of the molecule is [C-]#[N+]c1cc(-c2cccc[n+]2[CH2-])c([CH2-])cc1F.[Ir]. The van der Waals surface area contributed by atoms with Gasteiger partial charge >= 0.3 is 0 Å². The van der Waals surface area contributed by atoms with Crippen molar-refractivity contribution in [3.63, 3.8) is 0 Å². The summed E-state index contributed by atoms with van der Waals surface area (Å²) in [4.78, 5) is 3.14. The van der Waals surface area contributed by atoms with Crippen molar-refractivity contribution >= 4 is 5.69 Å². The van der Waals surface area contributed by atoms with E-state index in [9.17, 15) is 4.39 Å². The summed E-state index contributed by atoms with van der Waals surface area (Å²) in [5.41, 5.74) is 2.05. The van der Waals surface area contributed by atoms with Crippen molar-refractivity contribution in [1.29, 1.82) is 0 Å². The van der Waals surface area contributed by atoms with Gasteiger partial charge in [-0.2, -0.15) is 12.5 Å². The van der Waals surface area contributed by atoms with Gasteiger partial charge in [-0.05, 0) is 0 Å². The number of nitrogens with zero attached hydrogens (tertiary/aromatic N) is 2. The average molecular weight is 417 g/mol. The van der Waals surface area contributed by atoms with Crippen molar-refractivity contribution in [3.8, 4) is 11.3 Å². The van der Waals surface area contributed by atoms with Crippen LogP contribution in [0, 0.1) is 26.4 Å². The molecule has 0 spiro atoms. The van der Waals surface area contributed by atoms with Crippen molar-refractivity contribution < 1.29 is 29.1 Å². The molecule has 0 aliphatic heterocycles. The van der Waals surface area contributed by atoms with E-state index in [2.05, 4.69) is 18.8 Å². The normalized spacial score (nSPS) is 9.33. The second kappa shape index (κ2) is 5.68. The quantitative estimate of drug-likeness (QED) is 0.498. The predicted octanol–water partition coefficient (Wildman–Crippen LogP) is 3.15. The Balaban J connectivity index is 0.00000162. The fourth-order valence-corrected chi connectivity index (χ4v) is 1.65. The summed E-state index contributed by atoms with van der Waals surface area (Å²) in [5.74, 6) is -0.541. The van der Waals surface area contributed by atoms with Gasteiger partial charge in [0.2, 0.25) is 0 Å². The molecule has 2 nitrogen and oxygen atoms in total. The molecule has 1 aromatic heterocycles. The van der Waals surface area contributed by atoms with Gasteiger partial charge in [0.1, 0.15) is 0 Å². The number of aromatic nitrogens is 1. The second-order valence-corrected chi connectivity index (χ2v) is 3.63. The van der Waals surface area contributed by atoms with Crippen LogP contribution >= 0.6 is 0 Å². The Kier molecular flexibility index (Phi) is 4.49. The molecule has 0 N–H and O–H groups in total. The van der Waals surface area contributed by atoms with Crippen LogP contribution in [0.2, 0.25) is 0 Å². The van der Waals surface area contributed by atoms with Gasteiger partial charge in [-0.25, -0.2) is 9.24 Å². The maximum atomic E-state index is 13.4. The standard InChI is InChI=1S/C14H10FN2.Ir/c1-10-8-12(15)13(16-2)9-11(10)14-6-4-5-7-17(14)3;/h4-9H,1,3H2;/q-1;. The van der Waals surface area contributed by atoms with Gasteiger partial charge in [0, 0.05) is 27.2 Å². The molecule has 0 atom stereocenters. The summed E-state index contributed by atoms with van der Waals surface area (Å²) in [7, 11) is 3.83. The van der Waals surface area contributed by atoms with Gasteiger partial charge in [0.25, 0.3) is 0 Å². The average Bonchev–Trinajstić information content (AvgIpc) is 2.31. The van der Waals surface area contributed by atoms with Crippen LogP contribution in [0.1, 0.15) is 5.56 Å². The first-order chi connectivity index (χ1) is 8.13. The van der Waals surface area contributed by atoms with Crippen LogP contribution in [0.15, 0.2) is 36.5 Å². The molecule has 18 heavy (non-hydrogen) atoms. The first-order valence-electron chi connectivity index (χ1n) is 4.98. The number of benzene rings is 1. The summed E-state index contributed by atoms with van der Waals surface area (Å²) < 4.78 is 15.0. The molecule has 2 aromatic rings. The molecule has 0 bridgehead atoms. The number of pyridine rings is 1. The summed E-state index contributed by atoms with van der Waals surface area (Å²) in [6, 6.07) is 8.33. The largest absolute Gasteiger partial charge is 0.343 e. The molecule has 1 heterocycles. The molecule has 0 aliphatic rings. The van der Waals surface area contributed by atoms with E-state index in [1.807, 2.05) is 18.2 Å². The van der Waals surface area contributed by atoms with E-state index in [4.69, 9.17) is 6.57 Å². The van der Waals surface area contributed by atoms with Crippen LogP contribution in [0.3, 0.4) is 0 Å². The number of halogens is 1. The van der Waals surface area contributed by atoms with Gasteiger partial charge in [-0.15, -0.1) is 17.7 Å². The Labute approximate surface area is 119 Å². The molecule has 0 fully saturated rings. The summed E-state index contributed by atoms with van der Waals surface area (Å²) in [6.45, 7) is 10.7. The third kappa shape index (κ3) is 2.53. The Hall–Kier alpha value is -1.82. The van der Waals surface area contributed by atoms with Gasteiger partial charge in [-0.3, -0.25) is 0 Å². The topological polar surface area (TPSA) is 8.24 Å². The summed E-state index contributed by atoms with van der Waals surface area (Å²) in [6.07, 6.45) is 1.79. The molecule has 0 aliphatic carbocycles. The number of hydrogen-bond donors (Lipinski definition) is 0. The molecule has 0 amide bonds. The molecule has 0 unspecified atom stereocenters. The van der Waals surface area contributed by atoms with Crippen molar-refractivity contribution in [1.82, 2.24) is 0 Å². The third-order valence-corrected chi connectivity index (χ3v) is 2.51. The van der Waals surface area contributed by atoms with Crippen LogP contribution in [0.25, 0.3) is 16.1 Å². The van der Waals surface area contributed by atoms with Crippen LogP contribution < -0.4 is 4.57 Å². The minimum absolute atomic E-state index is 0. The van der Waals surface area contributed by atoms with Gasteiger partial charge in [0.05, 0.1) is 24.3 Å². The Morgan fingerprint density at radius 2 is 2.00 bits per heavy atom. The molecular formula is C14H10FIrN2-. The van der Waals surface area contributed by atoms with E-state index in [-0.39, 0.29) is 25.8 Å². The van der Waals surface area contributed by atoms with E-state index in [0.717, 1.165) is 5.69 Å². The monoisotopic (exact) mass is 418 g/mol. The van der Waals surface area contributed by atoms with Crippen LogP contribution in [0.4, 0.5) is 10.1 Å². The first kappa shape index (κ1) is 14.2. The summed E-state index contributed by atoms with van der Waals surface area (Å²) >= 11 is 0. The van der Waals surface area contributed by atoms with Crippen LogP contribution in [0.5, 0.6) is 0 Å². The van der Waals surface area contributed by atoms with E-state index in [1.165, 1.54) is 12.1 Å². The van der Waals surface area contributed by atoms with E-state index >= 15 is 0 Å². The fourth-order valence-electron chi connectivity index (χ4n) is 1.65. The van der Waals surface area contributed by atoms with Crippen LogP contribution in [-0.2, 0) is 20.1 Å². The maximum absolute atomic E-state index is 13.4. The minimum Gasteiger partial charge on any atom is -0.343 e. The molecule has 4 heteroatoms. The van der Waals surface area contributed by atoms with E-state index < -0.39 is 5.82 Å². The van der Waals surface area contributed by atoms with Gasteiger partial charge < -0.3 is 4.57 Å². The molecular weight excluding hydrogens is 407 g/mol. The molecule has 93 valence electrons. The van der Waals surface area contributed by atoms with Crippen molar-refractivity contribution in [2.45, 2.75) is 0 Å². The smallest absolute Gasteiger partial charge is 0.197 e. The van der Waals surface area contributed by atoms with Gasteiger partial charge in [-0.1, -0.05) is 18.2 Å². The van der Waals surface area contributed by atoms with E-state index in [0.29, 0.717) is 11.1 Å². The van der Waals surface area contributed by atoms with E-state index in [1.54, 1.807) is 10.8 Å². The zero-order valence-corrected chi connectivity index (χ0v) is 11.9. The molecule has 0 saturated heterocycles. The molecule has 0 saturated carbocycles. The zero-order valence-electron chi connectivity index (χ0n) is 9.48. The molecule has 2 rings (SSSR count). The zero-order chi connectivity index (χ0) is 12.4. The van der Waals surface area contributed by atoms with Crippen molar-refractivity contribution in [3.05, 3.63) is 73.3 Å². The summed E-state index contributed by atoms with van der Waals surface area (Å²) in [5, 5.41) is 0. The molecule has 1 radical (unpaired) electrons. The Morgan fingerprint density at radius 3 is 2.61 bits per heavy atom. The fraction of sp³-hybridized carbons (Fsp3) is 0. The Bertz CT molecular complexity index is 618.